The van der Waals surface area contributed by atoms with Gasteiger partial charge >= 0.3 is 0 Å². The summed E-state index contributed by atoms with van der Waals surface area (Å²) in [6, 6.07) is 57.9. The molecule has 0 radical (unpaired) electrons. The molecule has 1 nitrogen and oxygen atoms in total. The fraction of sp³-hybridized carbons (Fsp3) is 0.120. The Balaban J connectivity index is 0.000000265. The van der Waals surface area contributed by atoms with Crippen LogP contribution in [-0.2, 0) is 0 Å². The molecule has 0 spiro atoms. The highest BCUT2D eigenvalue weighted by molar-refractivity contribution is 5.91. The molecule has 0 saturated carbocycles. The van der Waals surface area contributed by atoms with Crippen LogP contribution in [0.3, 0.4) is 0 Å². The van der Waals surface area contributed by atoms with Gasteiger partial charge in [0, 0.05) is 17.1 Å². The van der Waals surface area contributed by atoms with Crippen LogP contribution in [0.25, 0.3) is 33.7 Å². The summed E-state index contributed by atoms with van der Waals surface area (Å²) in [6.45, 7) is 8.57. The fourth-order valence-corrected chi connectivity index (χ4v) is 6.15. The monoisotopic (exact) mass is 661 g/mol. The second-order valence-electron chi connectivity index (χ2n) is 13.4. The summed E-state index contributed by atoms with van der Waals surface area (Å²) < 4.78 is 0. The van der Waals surface area contributed by atoms with Crippen molar-refractivity contribution in [3.05, 3.63) is 216 Å². The highest BCUT2D eigenvalue weighted by Crippen LogP contribution is 2.35. The molecule has 1 atom stereocenters. The van der Waals surface area contributed by atoms with Gasteiger partial charge in [0.1, 0.15) is 0 Å². The molecule has 8 rings (SSSR count). The third-order valence-corrected chi connectivity index (χ3v) is 9.04. The number of allylic oxidation sites excluding steroid dienone is 3. The number of hydrogen-bond acceptors (Lipinski definition) is 1. The lowest BCUT2D eigenvalue weighted by Gasteiger charge is -2.28. The molecular formula is C50H47N. The van der Waals surface area contributed by atoms with Crippen LogP contribution in [0.5, 0.6) is 0 Å². The van der Waals surface area contributed by atoms with Crippen molar-refractivity contribution in [1.82, 2.24) is 0 Å². The average molecular weight is 662 g/mol. The van der Waals surface area contributed by atoms with E-state index in [9.17, 15) is 0 Å². The smallest absolute Gasteiger partial charge is 0.0467 e. The van der Waals surface area contributed by atoms with Crippen molar-refractivity contribution in [2.24, 2.45) is 5.92 Å². The Bertz CT molecular complexity index is 2220. The third kappa shape index (κ3) is 9.84. The molecule has 0 amide bonds. The van der Waals surface area contributed by atoms with Crippen molar-refractivity contribution in [2.75, 3.05) is 4.90 Å². The molecule has 0 aromatic heterocycles. The van der Waals surface area contributed by atoms with Crippen molar-refractivity contribution in [1.29, 1.82) is 0 Å². The predicted octanol–water partition coefficient (Wildman–Crippen LogP) is 14.1. The second kappa shape index (κ2) is 17.1. The molecule has 51 heavy (non-hydrogen) atoms. The van der Waals surface area contributed by atoms with E-state index in [2.05, 4.69) is 190 Å². The Morgan fingerprint density at radius 2 is 0.961 bits per heavy atom. The van der Waals surface area contributed by atoms with Crippen LogP contribution in [0.4, 0.5) is 11.4 Å². The molecule has 0 aliphatic heterocycles. The molecule has 7 aromatic rings. The lowest BCUT2D eigenvalue weighted by Crippen LogP contribution is -2.17. The number of nitrogens with zero attached hydrogens (tertiary/aromatic N) is 1. The number of anilines is 2. The first-order valence-corrected chi connectivity index (χ1v) is 17.9. The predicted molar refractivity (Wildman–Crippen MR) is 224 cm³/mol. The minimum Gasteiger partial charge on any atom is -0.311 e. The number of aryl methyl sites for hydroxylation is 3. The van der Waals surface area contributed by atoms with Gasteiger partial charge in [-0.1, -0.05) is 175 Å². The molecule has 0 saturated heterocycles. The van der Waals surface area contributed by atoms with E-state index in [1.165, 1.54) is 66.4 Å². The highest BCUT2D eigenvalue weighted by Gasteiger charge is 2.16. The Morgan fingerprint density at radius 1 is 0.471 bits per heavy atom. The van der Waals surface area contributed by atoms with E-state index < -0.39 is 0 Å². The molecule has 1 aliphatic rings. The molecular weight excluding hydrogens is 615 g/mol. The summed E-state index contributed by atoms with van der Waals surface area (Å²) in [4.78, 5) is 2.36. The summed E-state index contributed by atoms with van der Waals surface area (Å²) in [7, 11) is 0. The first-order chi connectivity index (χ1) is 24.9. The molecule has 252 valence electrons. The highest BCUT2D eigenvalue weighted by atomic mass is 15.1. The van der Waals surface area contributed by atoms with E-state index in [1.54, 1.807) is 0 Å². The molecule has 0 bridgehead atoms. The summed E-state index contributed by atoms with van der Waals surface area (Å²) in [6.07, 6.45) is 12.4. The van der Waals surface area contributed by atoms with Crippen LogP contribution in [-0.4, -0.2) is 0 Å². The topological polar surface area (TPSA) is 3.24 Å². The van der Waals surface area contributed by atoms with Crippen molar-refractivity contribution < 1.29 is 0 Å². The summed E-state index contributed by atoms with van der Waals surface area (Å²) >= 11 is 0. The largest absolute Gasteiger partial charge is 0.311 e. The van der Waals surface area contributed by atoms with E-state index >= 15 is 0 Å². The van der Waals surface area contributed by atoms with Gasteiger partial charge in [-0.05, 0) is 108 Å². The van der Waals surface area contributed by atoms with Gasteiger partial charge in [0.05, 0.1) is 0 Å². The number of rotatable bonds is 5. The molecule has 0 N–H and O–H groups in total. The summed E-state index contributed by atoms with van der Waals surface area (Å²) in [5.74, 6) is 0.586. The normalized spacial score (nSPS) is 13.6. The van der Waals surface area contributed by atoms with Crippen molar-refractivity contribution in [2.45, 2.75) is 34.1 Å². The van der Waals surface area contributed by atoms with Crippen LogP contribution >= 0.6 is 0 Å². The van der Waals surface area contributed by atoms with E-state index in [0.29, 0.717) is 5.92 Å². The maximum atomic E-state index is 2.36. The van der Waals surface area contributed by atoms with Crippen LogP contribution in [0.15, 0.2) is 188 Å². The minimum atomic E-state index is 0.586. The SMILES string of the molecule is Cc1ccc2cc(/C=C/c3ccc4cc(N(C5=CCC(C)C=C5)c5ccccc5)ccc4c3)ccc2c1.Cc1ccccc1.Cc1ccccc1. The first kappa shape index (κ1) is 34.9. The molecule has 1 unspecified atom stereocenters. The molecule has 1 heteroatoms. The maximum Gasteiger partial charge on any atom is 0.0467 e. The Kier molecular flexibility index (Phi) is 11.7. The standard InChI is InChI=1S/C36H31N.2C7H8/c1-26-9-19-35(20-10-26)37(34-6-4-3-5-7-34)36-21-18-32-24-29(14-17-33(32)25-36)12-11-28-13-16-30-22-27(2)8-15-31(30)23-28;2*1-7-5-3-2-4-6-7/h3-9,11-26H,10H2,1-2H3;2*2-6H,1H3/b12-11+;;. The van der Waals surface area contributed by atoms with Gasteiger partial charge in [0.25, 0.3) is 0 Å². The van der Waals surface area contributed by atoms with Crippen molar-refractivity contribution >= 4 is 45.1 Å². The van der Waals surface area contributed by atoms with Gasteiger partial charge < -0.3 is 4.90 Å². The van der Waals surface area contributed by atoms with Gasteiger partial charge in [0.2, 0.25) is 0 Å². The number of fused-ring (bicyclic) bond motifs is 2. The Labute approximate surface area is 304 Å². The molecule has 7 aromatic carbocycles. The Morgan fingerprint density at radius 3 is 1.47 bits per heavy atom. The summed E-state index contributed by atoms with van der Waals surface area (Å²) in [5.41, 5.74) is 9.95. The third-order valence-electron chi connectivity index (χ3n) is 9.04. The number of para-hydroxylation sites is 1. The molecule has 1 aliphatic carbocycles. The first-order valence-electron chi connectivity index (χ1n) is 17.9. The summed E-state index contributed by atoms with van der Waals surface area (Å²) in [5, 5.41) is 5.05. The molecule has 0 heterocycles. The van der Waals surface area contributed by atoms with Gasteiger partial charge in [-0.25, -0.2) is 0 Å². The van der Waals surface area contributed by atoms with Crippen LogP contribution in [0.2, 0.25) is 0 Å². The quantitative estimate of drug-likeness (QED) is 0.166. The van der Waals surface area contributed by atoms with Gasteiger partial charge in [-0.2, -0.15) is 0 Å². The van der Waals surface area contributed by atoms with Gasteiger partial charge in [0.15, 0.2) is 0 Å². The second-order valence-corrected chi connectivity index (χ2v) is 13.4. The van der Waals surface area contributed by atoms with Crippen LogP contribution < -0.4 is 4.90 Å². The van der Waals surface area contributed by atoms with Gasteiger partial charge in [-0.3, -0.25) is 0 Å². The zero-order valence-corrected chi connectivity index (χ0v) is 30.2. The van der Waals surface area contributed by atoms with Crippen LogP contribution in [0.1, 0.15) is 41.2 Å². The van der Waals surface area contributed by atoms with E-state index in [0.717, 1.165) is 6.42 Å². The Hall–Kier alpha value is -5.92. The van der Waals surface area contributed by atoms with Crippen LogP contribution in [0, 0.1) is 26.7 Å². The lowest BCUT2D eigenvalue weighted by atomic mass is 10.00. The average Bonchev–Trinajstić information content (AvgIpc) is 3.16. The van der Waals surface area contributed by atoms with E-state index in [-0.39, 0.29) is 0 Å². The lowest BCUT2D eigenvalue weighted by molar-refractivity contribution is 0.728. The van der Waals surface area contributed by atoms with E-state index in [4.69, 9.17) is 0 Å². The van der Waals surface area contributed by atoms with E-state index in [1.807, 2.05) is 36.4 Å². The zero-order chi connectivity index (χ0) is 35.4. The maximum absolute atomic E-state index is 2.36. The van der Waals surface area contributed by atoms with Crippen molar-refractivity contribution in [3.63, 3.8) is 0 Å². The number of hydrogen-bond donors (Lipinski definition) is 0. The minimum absolute atomic E-state index is 0.586. The van der Waals surface area contributed by atoms with Gasteiger partial charge in [-0.15, -0.1) is 0 Å². The zero-order valence-electron chi connectivity index (χ0n) is 30.2. The number of benzene rings is 7. The fourth-order valence-electron chi connectivity index (χ4n) is 6.15. The van der Waals surface area contributed by atoms with Crippen molar-refractivity contribution in [3.8, 4) is 0 Å². The molecule has 0 fully saturated rings.